The Bertz CT molecular complexity index is 1310. The van der Waals surface area contributed by atoms with Gasteiger partial charge in [0.1, 0.15) is 5.75 Å². The molecule has 2 amide bonds. The Morgan fingerprint density at radius 1 is 0.806 bits per heavy atom. The Morgan fingerprint density at radius 3 is 2.10 bits per heavy atom. The molecule has 7 nitrogen and oxygen atoms in total. The van der Waals surface area contributed by atoms with E-state index < -0.39 is 5.91 Å². The number of nitrogens with one attached hydrogen (secondary N) is 3. The summed E-state index contributed by atoms with van der Waals surface area (Å²) in [6.07, 6.45) is 0. The quantitative estimate of drug-likeness (QED) is 0.460. The summed E-state index contributed by atoms with van der Waals surface area (Å²) in [6, 6.07) is 21.9. The summed E-state index contributed by atoms with van der Waals surface area (Å²) in [5, 5.41) is 6.22. The van der Waals surface area contributed by atoms with Crippen LogP contribution in [0.25, 0.3) is 10.9 Å². The zero-order valence-corrected chi connectivity index (χ0v) is 16.6. The number of anilines is 2. The van der Waals surface area contributed by atoms with Crippen LogP contribution in [-0.4, -0.2) is 23.9 Å². The lowest BCUT2D eigenvalue weighted by Crippen LogP contribution is -2.17. The average Bonchev–Trinajstić information content (AvgIpc) is 2.79. The van der Waals surface area contributed by atoms with Crippen LogP contribution in [0.15, 0.2) is 83.7 Å². The van der Waals surface area contributed by atoms with Gasteiger partial charge in [0.2, 0.25) is 5.56 Å². The molecule has 1 aromatic heterocycles. The molecule has 1 heterocycles. The minimum atomic E-state index is -0.405. The minimum Gasteiger partial charge on any atom is -0.497 e. The number of aromatic amines is 1. The Balaban J connectivity index is 1.48. The van der Waals surface area contributed by atoms with Crippen molar-refractivity contribution in [1.29, 1.82) is 0 Å². The van der Waals surface area contributed by atoms with Crippen LogP contribution in [0.5, 0.6) is 5.75 Å². The molecule has 3 N–H and O–H groups in total. The normalized spacial score (nSPS) is 10.5. The van der Waals surface area contributed by atoms with Crippen molar-refractivity contribution in [2.24, 2.45) is 0 Å². The zero-order chi connectivity index (χ0) is 21.8. The van der Waals surface area contributed by atoms with Gasteiger partial charge in [-0.1, -0.05) is 18.2 Å². The van der Waals surface area contributed by atoms with Crippen molar-refractivity contribution in [3.63, 3.8) is 0 Å². The predicted octanol–water partition coefficient (Wildman–Crippen LogP) is 4.04. The molecule has 0 saturated heterocycles. The van der Waals surface area contributed by atoms with Gasteiger partial charge in [0.05, 0.1) is 12.7 Å². The maximum Gasteiger partial charge on any atom is 0.256 e. The molecule has 0 aliphatic carbocycles. The molecule has 0 spiro atoms. The van der Waals surface area contributed by atoms with E-state index in [9.17, 15) is 14.4 Å². The lowest BCUT2D eigenvalue weighted by atomic mass is 10.1. The van der Waals surface area contributed by atoms with Crippen molar-refractivity contribution in [2.75, 3.05) is 17.7 Å². The van der Waals surface area contributed by atoms with Gasteiger partial charge in [-0.2, -0.15) is 0 Å². The number of benzene rings is 3. The number of aromatic nitrogens is 1. The van der Waals surface area contributed by atoms with Crippen molar-refractivity contribution in [1.82, 2.24) is 4.98 Å². The molecule has 154 valence electrons. The topological polar surface area (TPSA) is 100 Å². The van der Waals surface area contributed by atoms with E-state index in [0.29, 0.717) is 33.6 Å². The molecule has 0 saturated carbocycles. The highest BCUT2D eigenvalue weighted by molar-refractivity contribution is 6.12. The van der Waals surface area contributed by atoms with Gasteiger partial charge in [0, 0.05) is 33.9 Å². The summed E-state index contributed by atoms with van der Waals surface area (Å²) >= 11 is 0. The molecular weight excluding hydrogens is 394 g/mol. The number of hydrogen-bond donors (Lipinski definition) is 3. The van der Waals surface area contributed by atoms with Gasteiger partial charge in [-0.3, -0.25) is 14.4 Å². The van der Waals surface area contributed by atoms with E-state index in [1.165, 1.54) is 6.07 Å². The van der Waals surface area contributed by atoms with E-state index in [4.69, 9.17) is 4.74 Å². The molecule has 3 aromatic carbocycles. The van der Waals surface area contributed by atoms with Gasteiger partial charge < -0.3 is 20.4 Å². The lowest BCUT2D eigenvalue weighted by Gasteiger charge is -2.09. The largest absolute Gasteiger partial charge is 0.497 e. The number of amides is 2. The number of methoxy groups -OCH3 is 1. The van der Waals surface area contributed by atoms with Gasteiger partial charge in [-0.15, -0.1) is 0 Å². The molecule has 0 fully saturated rings. The molecule has 0 aliphatic heterocycles. The Labute approximate surface area is 177 Å². The molecular formula is C24H19N3O4. The molecule has 0 unspecified atom stereocenters. The van der Waals surface area contributed by atoms with E-state index in [1.54, 1.807) is 79.9 Å². The monoisotopic (exact) mass is 413 g/mol. The second-order valence-corrected chi connectivity index (χ2v) is 6.81. The van der Waals surface area contributed by atoms with Crippen molar-refractivity contribution in [3.8, 4) is 5.75 Å². The Morgan fingerprint density at radius 2 is 1.42 bits per heavy atom. The van der Waals surface area contributed by atoms with Crippen molar-refractivity contribution < 1.29 is 14.3 Å². The van der Waals surface area contributed by atoms with Gasteiger partial charge in [-0.05, 0) is 54.6 Å². The highest BCUT2D eigenvalue weighted by atomic mass is 16.5. The van der Waals surface area contributed by atoms with Crippen molar-refractivity contribution >= 4 is 34.1 Å². The molecule has 0 radical (unpaired) electrons. The van der Waals surface area contributed by atoms with Gasteiger partial charge in [-0.25, -0.2) is 0 Å². The van der Waals surface area contributed by atoms with Crippen LogP contribution in [0.3, 0.4) is 0 Å². The Hall–Kier alpha value is -4.39. The summed E-state index contributed by atoms with van der Waals surface area (Å²) in [4.78, 5) is 39.8. The summed E-state index contributed by atoms with van der Waals surface area (Å²) in [7, 11) is 1.58. The van der Waals surface area contributed by atoms with E-state index in [-0.39, 0.29) is 17.0 Å². The average molecular weight is 413 g/mol. The predicted molar refractivity (Wildman–Crippen MR) is 120 cm³/mol. The molecule has 7 heteroatoms. The first-order chi connectivity index (χ1) is 15.0. The number of pyridine rings is 1. The van der Waals surface area contributed by atoms with Crippen molar-refractivity contribution in [2.45, 2.75) is 0 Å². The van der Waals surface area contributed by atoms with E-state index in [1.807, 2.05) is 0 Å². The molecule has 31 heavy (non-hydrogen) atoms. The lowest BCUT2D eigenvalue weighted by molar-refractivity contribution is 0.102. The van der Waals surface area contributed by atoms with E-state index in [0.717, 1.165) is 0 Å². The number of fused-ring (bicyclic) bond motifs is 1. The number of rotatable bonds is 5. The summed E-state index contributed by atoms with van der Waals surface area (Å²) < 4.78 is 5.10. The number of carbonyl (C=O) groups excluding carboxylic acids is 2. The van der Waals surface area contributed by atoms with Crippen LogP contribution in [0, 0.1) is 0 Å². The number of para-hydroxylation sites is 1. The van der Waals surface area contributed by atoms with Crippen LogP contribution in [0.2, 0.25) is 0 Å². The fraction of sp³-hybridized carbons (Fsp3) is 0.0417. The minimum absolute atomic E-state index is 0.274. The third-order valence-corrected chi connectivity index (χ3v) is 4.75. The maximum absolute atomic E-state index is 12.7. The van der Waals surface area contributed by atoms with Gasteiger partial charge >= 0.3 is 0 Å². The van der Waals surface area contributed by atoms with Gasteiger partial charge in [0.25, 0.3) is 11.8 Å². The standard InChI is InChI=1S/C24H19N3O4/c1-31-18-12-10-17(11-13-18)25-23(29)15-6-8-16(9-7-15)26-24(30)20-14-22(28)27-21-5-3-2-4-19(20)21/h2-14H,1H3,(H,25,29)(H,26,30)(H,27,28). The van der Waals surface area contributed by atoms with Crippen LogP contribution in [0.4, 0.5) is 11.4 Å². The number of carbonyl (C=O) groups is 2. The van der Waals surface area contributed by atoms with Crippen LogP contribution in [0.1, 0.15) is 20.7 Å². The van der Waals surface area contributed by atoms with Crippen molar-refractivity contribution in [3.05, 3.63) is 100 Å². The molecule has 4 aromatic rings. The highest BCUT2D eigenvalue weighted by Gasteiger charge is 2.13. The van der Waals surface area contributed by atoms with E-state index in [2.05, 4.69) is 15.6 Å². The van der Waals surface area contributed by atoms with Crippen LogP contribution >= 0.6 is 0 Å². The summed E-state index contributed by atoms with van der Waals surface area (Å²) in [5.41, 5.74) is 2.11. The number of hydrogen-bond acceptors (Lipinski definition) is 4. The van der Waals surface area contributed by atoms with Crippen LogP contribution in [-0.2, 0) is 0 Å². The number of H-pyrrole nitrogens is 1. The first kappa shape index (κ1) is 19.9. The SMILES string of the molecule is COc1ccc(NC(=O)c2ccc(NC(=O)c3cc(=O)[nH]c4ccccc34)cc2)cc1. The second kappa shape index (κ2) is 8.54. The molecule has 0 atom stereocenters. The van der Waals surface area contributed by atoms with Gasteiger partial charge in [0.15, 0.2) is 0 Å². The first-order valence-corrected chi connectivity index (χ1v) is 9.52. The third kappa shape index (κ3) is 4.45. The maximum atomic E-state index is 12.7. The van der Waals surface area contributed by atoms with Crippen LogP contribution < -0.4 is 20.9 Å². The molecule has 0 bridgehead atoms. The zero-order valence-electron chi connectivity index (χ0n) is 16.6. The second-order valence-electron chi connectivity index (χ2n) is 6.81. The Kier molecular flexibility index (Phi) is 5.49. The fourth-order valence-corrected chi connectivity index (χ4v) is 3.17. The molecule has 0 aliphatic rings. The third-order valence-electron chi connectivity index (χ3n) is 4.75. The summed E-state index contributed by atoms with van der Waals surface area (Å²) in [6.45, 7) is 0. The number of ether oxygens (including phenoxy) is 1. The summed E-state index contributed by atoms with van der Waals surface area (Å²) in [5.74, 6) is 0.0210. The first-order valence-electron chi connectivity index (χ1n) is 9.52. The van der Waals surface area contributed by atoms with E-state index >= 15 is 0 Å². The smallest absolute Gasteiger partial charge is 0.256 e. The highest BCUT2D eigenvalue weighted by Crippen LogP contribution is 2.19. The fourth-order valence-electron chi connectivity index (χ4n) is 3.17. The molecule has 4 rings (SSSR count).